The van der Waals surface area contributed by atoms with Gasteiger partial charge in [0.25, 0.3) is 0 Å². The minimum atomic E-state index is -4.43. The van der Waals surface area contributed by atoms with Crippen LogP contribution in [0.25, 0.3) is 0 Å². The molecule has 0 bridgehead atoms. The Bertz CT molecular complexity index is 594. The van der Waals surface area contributed by atoms with Gasteiger partial charge in [0.2, 0.25) is 0 Å². The minimum Gasteiger partial charge on any atom is -0.326 e. The zero-order valence-electron chi connectivity index (χ0n) is 10.7. The molecule has 1 aromatic carbocycles. The fourth-order valence-corrected chi connectivity index (χ4v) is 3.65. The highest BCUT2D eigenvalue weighted by molar-refractivity contribution is 7.98. The van der Waals surface area contributed by atoms with Gasteiger partial charge >= 0.3 is 6.18 Å². The Morgan fingerprint density at radius 1 is 1.35 bits per heavy atom. The van der Waals surface area contributed by atoms with Gasteiger partial charge in [0, 0.05) is 11.4 Å². The van der Waals surface area contributed by atoms with Crippen LogP contribution in [0.4, 0.5) is 13.2 Å². The predicted octanol–water partition coefficient (Wildman–Crippen LogP) is 4.22. The van der Waals surface area contributed by atoms with Crippen LogP contribution in [0, 0.1) is 6.92 Å². The van der Waals surface area contributed by atoms with E-state index in [2.05, 4.69) is 4.98 Å². The fourth-order valence-electron chi connectivity index (χ4n) is 1.67. The van der Waals surface area contributed by atoms with Gasteiger partial charge in [-0.1, -0.05) is 17.7 Å². The van der Waals surface area contributed by atoms with Gasteiger partial charge in [-0.3, -0.25) is 0 Å². The van der Waals surface area contributed by atoms with Crippen molar-refractivity contribution in [2.45, 2.75) is 30.3 Å². The summed E-state index contributed by atoms with van der Waals surface area (Å²) in [5, 5.41) is 0.448. The molecular formula is C13H13F3N2S2. The maximum atomic E-state index is 12.7. The molecule has 2 N–H and O–H groups in total. The van der Waals surface area contributed by atoms with Crippen molar-refractivity contribution in [3.05, 3.63) is 45.4 Å². The summed E-state index contributed by atoms with van der Waals surface area (Å²) < 4.78 is 38.2. The van der Waals surface area contributed by atoms with Crippen LogP contribution in [0.2, 0.25) is 0 Å². The topological polar surface area (TPSA) is 38.9 Å². The highest BCUT2D eigenvalue weighted by Crippen LogP contribution is 2.35. The number of hydrogen-bond acceptors (Lipinski definition) is 4. The zero-order chi connectivity index (χ0) is 14.8. The van der Waals surface area contributed by atoms with E-state index in [1.54, 1.807) is 0 Å². The van der Waals surface area contributed by atoms with Gasteiger partial charge < -0.3 is 5.73 Å². The molecule has 0 spiro atoms. The molecule has 0 atom stereocenters. The molecule has 0 radical (unpaired) electrons. The molecule has 0 fully saturated rings. The number of thioether (sulfide) groups is 1. The Morgan fingerprint density at radius 3 is 2.65 bits per heavy atom. The lowest BCUT2D eigenvalue weighted by Crippen LogP contribution is -2.10. The smallest absolute Gasteiger partial charge is 0.326 e. The highest BCUT2D eigenvalue weighted by Gasteiger charge is 2.36. The van der Waals surface area contributed by atoms with Gasteiger partial charge in [0.15, 0.2) is 5.69 Å². The van der Waals surface area contributed by atoms with Crippen LogP contribution >= 0.6 is 23.1 Å². The number of alkyl halides is 3. The maximum Gasteiger partial charge on any atom is 0.434 e. The normalized spacial score (nSPS) is 11.8. The summed E-state index contributed by atoms with van der Waals surface area (Å²) in [5.41, 5.74) is 5.63. The summed E-state index contributed by atoms with van der Waals surface area (Å²) in [6, 6.07) is 7.82. The third kappa shape index (κ3) is 3.74. The van der Waals surface area contributed by atoms with E-state index >= 15 is 0 Å². The van der Waals surface area contributed by atoms with E-state index in [9.17, 15) is 13.2 Å². The number of thiazole rings is 1. The lowest BCUT2D eigenvalue weighted by molar-refractivity contribution is -0.141. The van der Waals surface area contributed by atoms with Crippen LogP contribution in [-0.2, 0) is 18.5 Å². The zero-order valence-corrected chi connectivity index (χ0v) is 12.3. The summed E-state index contributed by atoms with van der Waals surface area (Å²) in [7, 11) is 0. The van der Waals surface area contributed by atoms with Crippen molar-refractivity contribution in [2.24, 2.45) is 5.73 Å². The number of halogens is 3. The van der Waals surface area contributed by atoms with E-state index < -0.39 is 11.9 Å². The molecule has 0 saturated heterocycles. The van der Waals surface area contributed by atoms with Crippen molar-refractivity contribution in [3.8, 4) is 0 Å². The first kappa shape index (κ1) is 15.3. The number of aromatic nitrogens is 1. The second-order valence-corrected chi connectivity index (χ2v) is 6.40. The fraction of sp³-hybridized carbons (Fsp3) is 0.308. The van der Waals surface area contributed by atoms with Crippen LogP contribution in [0.3, 0.4) is 0 Å². The number of benzene rings is 1. The molecule has 1 heterocycles. The second kappa shape index (κ2) is 6.15. The van der Waals surface area contributed by atoms with Crippen LogP contribution in [0.1, 0.15) is 21.1 Å². The molecule has 7 heteroatoms. The molecule has 0 saturated carbocycles. The highest BCUT2D eigenvalue weighted by atomic mass is 32.2. The quantitative estimate of drug-likeness (QED) is 0.858. The molecule has 2 nitrogen and oxygen atoms in total. The first-order valence-electron chi connectivity index (χ1n) is 5.85. The molecule has 20 heavy (non-hydrogen) atoms. The van der Waals surface area contributed by atoms with Crippen LogP contribution in [0.15, 0.2) is 29.2 Å². The lowest BCUT2D eigenvalue weighted by atomic mass is 10.2. The lowest BCUT2D eigenvalue weighted by Gasteiger charge is -2.03. The number of nitrogens with two attached hydrogens (primary N) is 1. The van der Waals surface area contributed by atoms with Crippen molar-refractivity contribution in [2.75, 3.05) is 0 Å². The van der Waals surface area contributed by atoms with Gasteiger partial charge in [0.05, 0.1) is 10.6 Å². The van der Waals surface area contributed by atoms with Crippen LogP contribution in [-0.4, -0.2) is 4.98 Å². The third-order valence-corrected chi connectivity index (χ3v) is 4.81. The molecule has 0 amide bonds. The molecule has 0 aliphatic rings. The van der Waals surface area contributed by atoms with Crippen molar-refractivity contribution in [1.29, 1.82) is 0 Å². The van der Waals surface area contributed by atoms with E-state index in [0.29, 0.717) is 10.8 Å². The molecule has 2 aromatic rings. The number of hydrogen-bond donors (Lipinski definition) is 1. The van der Waals surface area contributed by atoms with Crippen molar-refractivity contribution in [1.82, 2.24) is 4.98 Å². The number of rotatable bonds is 4. The van der Waals surface area contributed by atoms with Crippen molar-refractivity contribution >= 4 is 23.1 Å². The van der Waals surface area contributed by atoms with E-state index in [1.807, 2.05) is 31.2 Å². The molecule has 2 rings (SSSR count). The predicted molar refractivity (Wildman–Crippen MR) is 75.7 cm³/mol. The molecular weight excluding hydrogens is 305 g/mol. The van der Waals surface area contributed by atoms with E-state index in [1.165, 1.54) is 11.8 Å². The molecule has 1 aromatic heterocycles. The van der Waals surface area contributed by atoms with E-state index in [-0.39, 0.29) is 11.4 Å². The average molecular weight is 318 g/mol. The maximum absolute atomic E-state index is 12.7. The van der Waals surface area contributed by atoms with Crippen LogP contribution < -0.4 is 5.73 Å². The summed E-state index contributed by atoms with van der Waals surface area (Å²) in [4.78, 5) is 4.79. The monoisotopic (exact) mass is 318 g/mol. The van der Waals surface area contributed by atoms with Crippen LogP contribution in [0.5, 0.6) is 0 Å². The van der Waals surface area contributed by atoms with Gasteiger partial charge in [-0.15, -0.1) is 23.1 Å². The van der Waals surface area contributed by atoms with Gasteiger partial charge in [-0.05, 0) is 19.1 Å². The molecule has 0 aliphatic heterocycles. The Balaban J connectivity index is 2.12. The second-order valence-electron chi connectivity index (χ2n) is 4.19. The Kier molecular flexibility index (Phi) is 4.72. The van der Waals surface area contributed by atoms with Crippen molar-refractivity contribution < 1.29 is 13.2 Å². The SMILES string of the molecule is Cc1cccc(SCc2nc(C(F)(F)F)c(CN)s2)c1. The first-order valence-corrected chi connectivity index (χ1v) is 7.65. The average Bonchev–Trinajstić information content (AvgIpc) is 2.80. The van der Waals surface area contributed by atoms with Crippen molar-refractivity contribution in [3.63, 3.8) is 0 Å². The Morgan fingerprint density at radius 2 is 2.10 bits per heavy atom. The van der Waals surface area contributed by atoms with Gasteiger partial charge in [0.1, 0.15) is 5.01 Å². The largest absolute Gasteiger partial charge is 0.434 e. The first-order chi connectivity index (χ1) is 9.40. The summed E-state index contributed by atoms with van der Waals surface area (Å²) >= 11 is 2.50. The Labute approximate surface area is 123 Å². The number of nitrogens with zero attached hydrogens (tertiary/aromatic N) is 1. The Hall–Kier alpha value is -1.05. The minimum absolute atomic E-state index is 0.0948. The standard InChI is InChI=1S/C13H13F3N2S2/c1-8-3-2-4-9(5-8)19-7-11-18-12(13(14,15)16)10(6-17)20-11/h2-5H,6-7,17H2,1H3. The molecule has 0 aliphatic carbocycles. The molecule has 108 valence electrons. The summed E-state index contributed by atoms with van der Waals surface area (Å²) in [6.45, 7) is 1.84. The summed E-state index contributed by atoms with van der Waals surface area (Å²) in [5.74, 6) is 0.414. The van der Waals surface area contributed by atoms with E-state index in [4.69, 9.17) is 5.73 Å². The van der Waals surface area contributed by atoms with Gasteiger partial charge in [-0.2, -0.15) is 13.2 Å². The van der Waals surface area contributed by atoms with E-state index in [0.717, 1.165) is 21.8 Å². The number of aryl methyl sites for hydroxylation is 1. The van der Waals surface area contributed by atoms with Gasteiger partial charge in [-0.25, -0.2) is 4.98 Å². The summed E-state index contributed by atoms with van der Waals surface area (Å²) in [6.07, 6.45) is -4.43. The third-order valence-electron chi connectivity index (χ3n) is 2.55. The molecule has 0 unspecified atom stereocenters.